The van der Waals surface area contributed by atoms with E-state index in [9.17, 15) is 0 Å². The van der Waals surface area contributed by atoms with Crippen molar-refractivity contribution in [2.75, 3.05) is 4.90 Å². The van der Waals surface area contributed by atoms with E-state index in [0.717, 1.165) is 0 Å². The summed E-state index contributed by atoms with van der Waals surface area (Å²) < 4.78 is 0. The van der Waals surface area contributed by atoms with Crippen LogP contribution in [0.2, 0.25) is 0 Å². The number of hydrogen-bond acceptors (Lipinski definition) is 13. The molecule has 0 bridgehead atoms. The minimum Gasteiger partial charge on any atom is -0.205 e. The van der Waals surface area contributed by atoms with E-state index in [1.807, 2.05) is 0 Å². The Morgan fingerprint density at radius 1 is 0.474 bits per heavy atom. The third-order valence-corrected chi connectivity index (χ3v) is 1.79. The largest absolute Gasteiger partial charge is 0.278 e. The van der Waals surface area contributed by atoms with E-state index in [2.05, 4.69) is 61.2 Å². The first-order valence-electron chi connectivity index (χ1n) is 4.76. The normalized spacial score (nSPS) is 10.1. The van der Waals surface area contributed by atoms with Gasteiger partial charge >= 0.3 is 0 Å². The Bertz CT molecular complexity index is 535. The molecule has 0 aliphatic carbocycles. The topological polar surface area (TPSA) is 158 Å². The van der Waals surface area contributed by atoms with Gasteiger partial charge in [0.1, 0.15) is 0 Å². The molecule has 13 heteroatoms. The van der Waals surface area contributed by atoms with Crippen molar-refractivity contribution in [2.45, 2.75) is 0 Å². The number of anilines is 3. The standard InChI is InChI=1S/C6H3N13/c1-7-13-4(14-8-1)19(5-15-9-2-10-16-5)6-17-11-3-12-18-6/h1-3H. The highest BCUT2D eigenvalue weighted by Gasteiger charge is 2.22. The maximum absolute atomic E-state index is 3.76. The van der Waals surface area contributed by atoms with E-state index < -0.39 is 0 Å². The van der Waals surface area contributed by atoms with E-state index >= 15 is 0 Å². The lowest BCUT2D eigenvalue weighted by atomic mass is 10.7. The van der Waals surface area contributed by atoms with E-state index in [0.29, 0.717) is 0 Å². The van der Waals surface area contributed by atoms with Crippen LogP contribution < -0.4 is 4.90 Å². The van der Waals surface area contributed by atoms with Crippen molar-refractivity contribution in [1.82, 2.24) is 61.2 Å². The summed E-state index contributed by atoms with van der Waals surface area (Å²) in [6.07, 6.45) is 3.52. The first kappa shape index (κ1) is 10.8. The van der Waals surface area contributed by atoms with Crippen molar-refractivity contribution < 1.29 is 0 Å². The summed E-state index contributed by atoms with van der Waals surface area (Å²) in [5.41, 5.74) is 0. The summed E-state index contributed by atoms with van der Waals surface area (Å²) >= 11 is 0. The number of nitrogens with zero attached hydrogens (tertiary/aromatic N) is 13. The van der Waals surface area contributed by atoms with Gasteiger partial charge in [0.15, 0.2) is 19.0 Å². The van der Waals surface area contributed by atoms with Gasteiger partial charge in [-0.3, -0.25) is 0 Å². The molecule has 0 aliphatic heterocycles. The van der Waals surface area contributed by atoms with Gasteiger partial charge in [-0.1, -0.05) is 0 Å². The number of aromatic nitrogens is 12. The third kappa shape index (κ3) is 2.19. The molecule has 0 unspecified atom stereocenters. The van der Waals surface area contributed by atoms with Crippen molar-refractivity contribution in [1.29, 1.82) is 0 Å². The zero-order valence-corrected chi connectivity index (χ0v) is 9.05. The lowest BCUT2D eigenvalue weighted by Gasteiger charge is -2.13. The van der Waals surface area contributed by atoms with E-state index in [-0.39, 0.29) is 17.8 Å². The van der Waals surface area contributed by atoms with Gasteiger partial charge in [0.25, 0.3) is 17.8 Å². The van der Waals surface area contributed by atoms with E-state index in [1.54, 1.807) is 0 Å². The number of hydrogen-bond donors (Lipinski definition) is 0. The molecule has 0 amide bonds. The van der Waals surface area contributed by atoms with Crippen LogP contribution in [0.3, 0.4) is 0 Å². The van der Waals surface area contributed by atoms with Gasteiger partial charge in [0.05, 0.1) is 0 Å². The van der Waals surface area contributed by atoms with Crippen molar-refractivity contribution in [2.24, 2.45) is 0 Å². The fourth-order valence-electron chi connectivity index (χ4n) is 1.13. The highest BCUT2D eigenvalue weighted by molar-refractivity contribution is 5.58. The lowest BCUT2D eigenvalue weighted by Crippen LogP contribution is -2.21. The molecule has 0 aliphatic rings. The molecule has 0 spiro atoms. The highest BCUT2D eigenvalue weighted by Crippen LogP contribution is 2.21. The van der Waals surface area contributed by atoms with Gasteiger partial charge in [0, 0.05) is 0 Å². The second-order valence-electron chi connectivity index (χ2n) is 2.87. The van der Waals surface area contributed by atoms with Crippen LogP contribution >= 0.6 is 0 Å². The Kier molecular flexibility index (Phi) is 2.75. The molecule has 3 rings (SSSR count). The molecular weight excluding hydrogens is 254 g/mol. The van der Waals surface area contributed by atoms with Gasteiger partial charge < -0.3 is 0 Å². The third-order valence-electron chi connectivity index (χ3n) is 1.79. The van der Waals surface area contributed by atoms with Crippen molar-refractivity contribution in [3.8, 4) is 0 Å². The molecule has 19 heavy (non-hydrogen) atoms. The van der Waals surface area contributed by atoms with Gasteiger partial charge in [-0.25, -0.2) is 4.90 Å². The minimum atomic E-state index is 0.0344. The number of rotatable bonds is 3. The van der Waals surface area contributed by atoms with Crippen LogP contribution in [0.4, 0.5) is 17.8 Å². The second kappa shape index (κ2) is 4.86. The van der Waals surface area contributed by atoms with Crippen molar-refractivity contribution in [3.63, 3.8) is 0 Å². The molecule has 3 aromatic heterocycles. The Hall–Kier alpha value is -3.38. The van der Waals surface area contributed by atoms with Crippen LogP contribution in [0.25, 0.3) is 0 Å². The van der Waals surface area contributed by atoms with Crippen molar-refractivity contribution >= 4 is 17.8 Å². The van der Waals surface area contributed by atoms with Gasteiger partial charge in [-0.05, 0) is 0 Å². The summed E-state index contributed by atoms with van der Waals surface area (Å²) in [5.74, 6) is 0.103. The summed E-state index contributed by atoms with van der Waals surface area (Å²) in [7, 11) is 0. The zero-order valence-electron chi connectivity index (χ0n) is 9.05. The summed E-state index contributed by atoms with van der Waals surface area (Å²) in [6, 6.07) is 0. The Balaban J connectivity index is 2.12. The summed E-state index contributed by atoms with van der Waals surface area (Å²) in [6.45, 7) is 0. The maximum atomic E-state index is 3.76. The molecule has 0 atom stereocenters. The Morgan fingerprint density at radius 3 is 1.00 bits per heavy atom. The fourth-order valence-corrected chi connectivity index (χ4v) is 1.13. The SMILES string of the molecule is c1nnc(N(c2nncnn2)c2nncnn2)nn1. The lowest BCUT2D eigenvalue weighted by molar-refractivity contribution is 0.762. The van der Waals surface area contributed by atoms with Crippen LogP contribution in [0.15, 0.2) is 19.0 Å². The monoisotopic (exact) mass is 257 g/mol. The molecule has 0 aromatic carbocycles. The molecule has 0 N–H and O–H groups in total. The first-order chi connectivity index (χ1) is 9.45. The predicted molar refractivity (Wildman–Crippen MR) is 54.7 cm³/mol. The fraction of sp³-hybridized carbons (Fsp3) is 0. The van der Waals surface area contributed by atoms with Crippen LogP contribution in [0.1, 0.15) is 0 Å². The van der Waals surface area contributed by atoms with Gasteiger partial charge in [-0.2, -0.15) is 0 Å². The highest BCUT2D eigenvalue weighted by atomic mass is 15.5. The van der Waals surface area contributed by atoms with E-state index in [4.69, 9.17) is 0 Å². The summed E-state index contributed by atoms with van der Waals surface area (Å²) in [5, 5.41) is 44.2. The van der Waals surface area contributed by atoms with Gasteiger partial charge in [0.2, 0.25) is 0 Å². The Labute approximate surface area is 104 Å². The molecule has 0 radical (unpaired) electrons. The average molecular weight is 257 g/mol. The minimum absolute atomic E-state index is 0.0344. The van der Waals surface area contributed by atoms with Crippen LogP contribution in [0.5, 0.6) is 0 Å². The van der Waals surface area contributed by atoms with Crippen molar-refractivity contribution in [3.05, 3.63) is 19.0 Å². The quantitative estimate of drug-likeness (QED) is 0.502. The Morgan fingerprint density at radius 2 is 0.737 bits per heavy atom. The van der Waals surface area contributed by atoms with E-state index in [1.165, 1.54) is 23.9 Å². The van der Waals surface area contributed by atoms with Crippen LogP contribution in [0, 0.1) is 0 Å². The molecule has 3 heterocycles. The van der Waals surface area contributed by atoms with Gasteiger partial charge in [-0.15, -0.1) is 61.2 Å². The smallest absolute Gasteiger partial charge is 0.205 e. The van der Waals surface area contributed by atoms with Crippen LogP contribution in [-0.4, -0.2) is 61.2 Å². The summed E-state index contributed by atoms with van der Waals surface area (Å²) in [4.78, 5) is 1.21. The molecule has 0 fully saturated rings. The average Bonchev–Trinajstić information content (AvgIpc) is 2.51. The molecule has 0 saturated carbocycles. The molecular formula is C6H3N13. The predicted octanol–water partition coefficient (Wildman–Crippen LogP) is -2.10. The second-order valence-corrected chi connectivity index (χ2v) is 2.87. The zero-order chi connectivity index (χ0) is 12.9. The molecule has 92 valence electrons. The molecule has 3 aromatic rings. The van der Waals surface area contributed by atoms with Crippen LogP contribution in [-0.2, 0) is 0 Å². The first-order valence-corrected chi connectivity index (χ1v) is 4.76. The maximum Gasteiger partial charge on any atom is 0.278 e. The molecule has 0 saturated heterocycles. The molecule has 13 nitrogen and oxygen atoms in total.